The van der Waals surface area contributed by atoms with E-state index in [9.17, 15) is 23.1 Å². The van der Waals surface area contributed by atoms with Crippen LogP contribution in [0.15, 0.2) is 24.3 Å². The van der Waals surface area contributed by atoms with Crippen molar-refractivity contribution in [3.63, 3.8) is 0 Å². The van der Waals surface area contributed by atoms with Gasteiger partial charge in [-0.05, 0) is 19.1 Å². The molecular formula is C16H15ClF3N3O3S. The number of carboxylic acid groups (broad SMARTS) is 1. The van der Waals surface area contributed by atoms with Gasteiger partial charge in [0.15, 0.2) is 0 Å². The summed E-state index contributed by atoms with van der Waals surface area (Å²) in [5.41, 5.74) is -0.954. The van der Waals surface area contributed by atoms with Gasteiger partial charge in [0, 0.05) is 24.7 Å². The van der Waals surface area contributed by atoms with Crippen LogP contribution < -0.4 is 4.90 Å². The van der Waals surface area contributed by atoms with Crippen molar-refractivity contribution in [3.8, 4) is 10.6 Å². The number of aromatic nitrogens is 2. The van der Waals surface area contributed by atoms with Crippen LogP contribution >= 0.6 is 22.9 Å². The molecular weight excluding hydrogens is 407 g/mol. The molecule has 6 nitrogen and oxygen atoms in total. The van der Waals surface area contributed by atoms with Crippen LogP contribution in [0.25, 0.3) is 10.6 Å². The highest BCUT2D eigenvalue weighted by Crippen LogP contribution is 2.65. The molecule has 1 heterocycles. The lowest BCUT2D eigenvalue weighted by molar-refractivity contribution is -0.217. The van der Waals surface area contributed by atoms with E-state index in [2.05, 4.69) is 10.2 Å². The first-order chi connectivity index (χ1) is 12.4. The average molecular weight is 422 g/mol. The summed E-state index contributed by atoms with van der Waals surface area (Å²) in [6, 6.07) is 6.45. The van der Waals surface area contributed by atoms with Gasteiger partial charge in [0.25, 0.3) is 11.1 Å². The zero-order valence-electron chi connectivity index (χ0n) is 14.2. The summed E-state index contributed by atoms with van der Waals surface area (Å²) in [6.45, 7) is 1.26. The predicted molar refractivity (Wildman–Crippen MR) is 94.0 cm³/mol. The Kier molecular flexibility index (Phi) is 4.64. The zero-order chi connectivity index (χ0) is 20.2. The summed E-state index contributed by atoms with van der Waals surface area (Å²) in [5, 5.41) is 23.5. The molecule has 3 atom stereocenters. The lowest BCUT2D eigenvalue weighted by Crippen LogP contribution is -2.67. The number of benzene rings is 1. The van der Waals surface area contributed by atoms with Crippen molar-refractivity contribution in [1.29, 1.82) is 0 Å². The third kappa shape index (κ3) is 2.86. The molecule has 0 radical (unpaired) electrons. The van der Waals surface area contributed by atoms with Gasteiger partial charge in [0.05, 0.1) is 5.41 Å². The predicted octanol–water partition coefficient (Wildman–Crippen LogP) is 3.25. The molecule has 0 saturated heterocycles. The number of aliphatic hydroxyl groups excluding tert-OH is 1. The van der Waals surface area contributed by atoms with Gasteiger partial charge >= 0.3 is 5.97 Å². The Bertz CT molecular complexity index is 895. The van der Waals surface area contributed by atoms with Crippen LogP contribution in [-0.4, -0.2) is 50.7 Å². The molecule has 3 unspecified atom stereocenters. The third-order valence-electron chi connectivity index (χ3n) is 4.73. The number of anilines is 1. The molecule has 3 rings (SSSR count). The molecule has 0 aliphatic heterocycles. The Hall–Kier alpha value is -1.91. The van der Waals surface area contributed by atoms with Gasteiger partial charge in [-0.2, -0.15) is 0 Å². The van der Waals surface area contributed by atoms with Gasteiger partial charge in [0.2, 0.25) is 6.23 Å². The topological polar surface area (TPSA) is 86.5 Å². The molecule has 0 spiro atoms. The van der Waals surface area contributed by atoms with Gasteiger partial charge in [-0.25, -0.2) is 18.0 Å². The molecule has 146 valence electrons. The smallest absolute Gasteiger partial charge is 0.353 e. The van der Waals surface area contributed by atoms with Crippen molar-refractivity contribution >= 4 is 34.6 Å². The van der Waals surface area contributed by atoms with Crippen molar-refractivity contribution in [2.24, 2.45) is 0 Å². The Balaban J connectivity index is 1.99. The molecule has 2 N–H and O–H groups in total. The molecule has 1 aromatic carbocycles. The second kappa shape index (κ2) is 6.32. The van der Waals surface area contributed by atoms with E-state index in [0.717, 1.165) is 16.2 Å². The Labute approximate surface area is 161 Å². The van der Waals surface area contributed by atoms with E-state index in [1.165, 1.54) is 14.0 Å². The van der Waals surface area contributed by atoms with Crippen LogP contribution in [0.4, 0.5) is 18.9 Å². The molecule has 1 aliphatic rings. The SMILES string of the molecule is CN(c1ccccc1-c1nnc(C2(C)CC(F)(F)C2(F)Cl)s1)C(O)C(=O)O. The summed E-state index contributed by atoms with van der Waals surface area (Å²) < 4.78 is 41.4. The molecule has 2 aromatic rings. The molecule has 27 heavy (non-hydrogen) atoms. The molecule has 0 amide bonds. The number of halogens is 4. The summed E-state index contributed by atoms with van der Waals surface area (Å²) in [4.78, 5) is 12.1. The van der Waals surface area contributed by atoms with Crippen LogP contribution in [0, 0.1) is 0 Å². The first-order valence-electron chi connectivity index (χ1n) is 7.75. The van der Waals surface area contributed by atoms with E-state index in [4.69, 9.17) is 16.7 Å². The normalized spacial score (nSPS) is 27.7. The third-order valence-corrected chi connectivity index (χ3v) is 6.64. The number of carboxylic acids is 1. The number of aliphatic hydroxyl groups is 1. The number of aliphatic carboxylic acids is 1. The number of likely N-dealkylation sites (N-methyl/N-ethyl adjacent to an activating group) is 1. The summed E-state index contributed by atoms with van der Waals surface area (Å²) in [6.07, 6.45) is -2.60. The van der Waals surface area contributed by atoms with Crippen LogP contribution in [-0.2, 0) is 10.2 Å². The number of alkyl halides is 4. The van der Waals surface area contributed by atoms with Crippen molar-refractivity contribution < 1.29 is 28.2 Å². The average Bonchev–Trinajstić information content (AvgIpc) is 3.10. The largest absolute Gasteiger partial charge is 0.478 e. The number of hydrogen-bond acceptors (Lipinski definition) is 6. The van der Waals surface area contributed by atoms with Crippen molar-refractivity contribution in [2.45, 2.75) is 36.0 Å². The number of carbonyl (C=O) groups is 1. The fourth-order valence-electron chi connectivity index (χ4n) is 2.99. The highest BCUT2D eigenvalue weighted by molar-refractivity contribution is 7.15. The first-order valence-corrected chi connectivity index (χ1v) is 8.94. The molecule has 0 bridgehead atoms. The lowest BCUT2D eigenvalue weighted by atomic mass is 9.65. The number of para-hydroxylation sites is 1. The molecule has 1 fully saturated rings. The van der Waals surface area contributed by atoms with Crippen molar-refractivity contribution in [2.75, 3.05) is 11.9 Å². The molecule has 1 aromatic heterocycles. The monoisotopic (exact) mass is 421 g/mol. The molecule has 1 saturated carbocycles. The zero-order valence-corrected chi connectivity index (χ0v) is 15.7. The van der Waals surface area contributed by atoms with Crippen molar-refractivity contribution in [3.05, 3.63) is 29.3 Å². The van der Waals surface area contributed by atoms with Gasteiger partial charge in [-0.15, -0.1) is 10.2 Å². The van der Waals surface area contributed by atoms with E-state index < -0.39 is 35.1 Å². The lowest BCUT2D eigenvalue weighted by Gasteiger charge is -2.52. The van der Waals surface area contributed by atoms with E-state index >= 15 is 0 Å². The Morgan fingerprint density at radius 3 is 2.52 bits per heavy atom. The first kappa shape index (κ1) is 19.8. The maximum atomic E-state index is 14.4. The van der Waals surface area contributed by atoms with Gasteiger partial charge in [0.1, 0.15) is 10.0 Å². The van der Waals surface area contributed by atoms with Crippen LogP contribution in [0.5, 0.6) is 0 Å². The fraction of sp³-hybridized carbons (Fsp3) is 0.438. The Morgan fingerprint density at radius 1 is 1.33 bits per heavy atom. The molecule has 11 heteroatoms. The summed E-state index contributed by atoms with van der Waals surface area (Å²) >= 11 is 6.35. The van der Waals surface area contributed by atoms with Crippen LogP contribution in [0.1, 0.15) is 18.4 Å². The van der Waals surface area contributed by atoms with E-state index in [0.29, 0.717) is 11.3 Å². The second-order valence-corrected chi connectivity index (χ2v) is 8.04. The van der Waals surface area contributed by atoms with E-state index in [1.54, 1.807) is 24.3 Å². The maximum Gasteiger partial charge on any atom is 0.353 e. The quantitative estimate of drug-likeness (QED) is 0.569. The number of nitrogens with zero attached hydrogens (tertiary/aromatic N) is 3. The Morgan fingerprint density at radius 2 is 1.96 bits per heavy atom. The van der Waals surface area contributed by atoms with Crippen LogP contribution in [0.3, 0.4) is 0 Å². The van der Waals surface area contributed by atoms with E-state index in [-0.39, 0.29) is 10.0 Å². The minimum Gasteiger partial charge on any atom is -0.478 e. The second-order valence-electron chi connectivity index (χ2n) is 6.54. The van der Waals surface area contributed by atoms with Gasteiger partial charge < -0.3 is 15.1 Å². The fourth-order valence-corrected chi connectivity index (χ4v) is 4.33. The van der Waals surface area contributed by atoms with Crippen molar-refractivity contribution in [1.82, 2.24) is 10.2 Å². The number of rotatable bonds is 5. The highest BCUT2D eigenvalue weighted by atomic mass is 35.5. The van der Waals surface area contributed by atoms with Gasteiger partial charge in [-0.3, -0.25) is 0 Å². The van der Waals surface area contributed by atoms with E-state index in [1.807, 2.05) is 0 Å². The summed E-state index contributed by atoms with van der Waals surface area (Å²) in [5.74, 6) is -5.11. The standard InChI is InChI=1S/C16H15ClF3N3O3S/c1-14(7-15(18,19)16(14,17)20)13-22-21-10(27-13)8-5-3-4-6-9(8)23(2)11(24)12(25)26/h3-6,11,24H,7H2,1-2H3,(H,25,26). The minimum atomic E-state index is -3.67. The summed E-state index contributed by atoms with van der Waals surface area (Å²) in [7, 11) is 1.37. The highest BCUT2D eigenvalue weighted by Gasteiger charge is 2.77. The molecule has 1 aliphatic carbocycles. The maximum absolute atomic E-state index is 14.4. The number of hydrogen-bond donors (Lipinski definition) is 2. The minimum absolute atomic E-state index is 0.0113. The van der Waals surface area contributed by atoms with Gasteiger partial charge in [-0.1, -0.05) is 35.1 Å². The van der Waals surface area contributed by atoms with Crippen LogP contribution in [0.2, 0.25) is 0 Å².